The Hall–Kier alpha value is -1.90. The molecule has 2 aromatic carbocycles. The summed E-state index contributed by atoms with van der Waals surface area (Å²) in [6.07, 6.45) is 25.8. The Morgan fingerprint density at radius 2 is 1.28 bits per heavy atom. The first-order valence-electron chi connectivity index (χ1n) is 15.0. The predicted octanol–water partition coefficient (Wildman–Crippen LogP) is 11.6. The normalized spacial score (nSPS) is 12.2. The Bertz CT molecular complexity index is 1010. The summed E-state index contributed by atoms with van der Waals surface area (Å²) < 4.78 is 5.95. The Balaban J connectivity index is 0.000000841. The maximum atomic E-state index is 5.95. The summed E-state index contributed by atoms with van der Waals surface area (Å²) in [5.74, 6) is 0.936. The Kier molecular flexibility index (Phi) is 19.7. The number of unbranched alkanes of at least 4 members (excludes halogenated alkanes) is 7. The fourth-order valence-corrected chi connectivity index (χ4v) is 4.26. The van der Waals surface area contributed by atoms with Gasteiger partial charge in [-0.25, -0.2) is 0 Å². The molecule has 0 saturated heterocycles. The fourth-order valence-electron chi connectivity index (χ4n) is 4.26. The number of hydrogen-bond acceptors (Lipinski definition) is 2. The zero-order valence-corrected chi connectivity index (χ0v) is 28.1. The Morgan fingerprint density at radius 1 is 0.744 bits per heavy atom. The second-order valence-corrected chi connectivity index (χ2v) is 9.85. The summed E-state index contributed by atoms with van der Waals surface area (Å²) in [7, 11) is 0. The van der Waals surface area contributed by atoms with Crippen LogP contribution >= 0.6 is 0 Å². The van der Waals surface area contributed by atoms with E-state index in [0.717, 1.165) is 42.3 Å². The van der Waals surface area contributed by atoms with Crippen LogP contribution in [-0.4, -0.2) is 6.61 Å². The van der Waals surface area contributed by atoms with Gasteiger partial charge < -0.3 is 9.64 Å². The van der Waals surface area contributed by atoms with Gasteiger partial charge in [-0.2, -0.15) is 0 Å². The standard InChI is InChI=1S/C29H35NO.C7H16.Y/c1-4-7-9-10-23-31-29-21-19-28(20-22-29)30(26(6-3)14-8-5-2)27-17-15-25(16-18-27)24-12-11-13-24;1-3-5-7-6-4-2;/h6,8,11-22H,4-5,7,9-10,23H2,1-3H3;3-7H2,1-2H3;/b14-8-,26-6+;;. The average Bonchev–Trinajstić information content (AvgIpc) is 2.92. The molecule has 0 aliphatic heterocycles. The summed E-state index contributed by atoms with van der Waals surface area (Å²) in [5.41, 5.74) is 5.97. The van der Waals surface area contributed by atoms with E-state index in [1.165, 1.54) is 62.5 Å². The molecule has 1 aliphatic carbocycles. The van der Waals surface area contributed by atoms with Crippen molar-refractivity contribution >= 4 is 16.9 Å². The molecule has 0 spiro atoms. The summed E-state index contributed by atoms with van der Waals surface area (Å²) >= 11 is 0. The molecule has 2 nitrogen and oxygen atoms in total. The number of anilines is 2. The van der Waals surface area contributed by atoms with Gasteiger partial charge in [-0.05, 0) is 73.4 Å². The van der Waals surface area contributed by atoms with Gasteiger partial charge in [0.15, 0.2) is 0 Å². The molecule has 2 aromatic rings. The van der Waals surface area contributed by atoms with E-state index >= 15 is 0 Å². The SMILES string of the molecule is C/C=C(\C=C/CC)N(c1ccc(OCCCCCC)cc1)c1ccc(C2=CC=C2)cc1.CCCCCCC.[Y]. The van der Waals surface area contributed by atoms with E-state index < -0.39 is 0 Å². The molecule has 39 heavy (non-hydrogen) atoms. The Morgan fingerprint density at radius 3 is 1.74 bits per heavy atom. The first kappa shape index (κ1) is 35.1. The summed E-state index contributed by atoms with van der Waals surface area (Å²) in [5, 5.41) is 0. The molecular weight excluding hydrogens is 551 g/mol. The number of rotatable bonds is 16. The van der Waals surface area contributed by atoms with E-state index in [0.29, 0.717) is 0 Å². The van der Waals surface area contributed by atoms with Crippen LogP contribution in [0.1, 0.15) is 104 Å². The van der Waals surface area contributed by atoms with Crippen molar-refractivity contribution in [3.05, 3.63) is 96.2 Å². The molecule has 0 aromatic heterocycles. The van der Waals surface area contributed by atoms with Crippen molar-refractivity contribution in [3.63, 3.8) is 0 Å². The molecule has 0 saturated carbocycles. The third-order valence-corrected chi connectivity index (χ3v) is 6.66. The zero-order chi connectivity index (χ0) is 27.4. The predicted molar refractivity (Wildman–Crippen MR) is 169 cm³/mol. The van der Waals surface area contributed by atoms with E-state index in [1.54, 1.807) is 0 Å². The largest absolute Gasteiger partial charge is 0.494 e. The topological polar surface area (TPSA) is 12.5 Å². The minimum atomic E-state index is 0. The van der Waals surface area contributed by atoms with Gasteiger partial charge in [-0.15, -0.1) is 0 Å². The maximum Gasteiger partial charge on any atom is 0.119 e. The Labute approximate surface area is 265 Å². The molecule has 3 rings (SSSR count). The maximum absolute atomic E-state index is 5.95. The van der Waals surface area contributed by atoms with E-state index in [9.17, 15) is 0 Å². The molecule has 0 unspecified atom stereocenters. The van der Waals surface area contributed by atoms with Gasteiger partial charge in [0.2, 0.25) is 0 Å². The number of nitrogens with zero attached hydrogens (tertiary/aromatic N) is 1. The van der Waals surface area contributed by atoms with Gasteiger partial charge in [0.05, 0.1) is 6.61 Å². The average molecular weight is 603 g/mol. The van der Waals surface area contributed by atoms with Crippen LogP contribution in [0.5, 0.6) is 5.75 Å². The van der Waals surface area contributed by atoms with E-state index in [1.807, 2.05) is 0 Å². The minimum Gasteiger partial charge on any atom is -0.494 e. The van der Waals surface area contributed by atoms with Gasteiger partial charge in [0.25, 0.3) is 0 Å². The smallest absolute Gasteiger partial charge is 0.119 e. The zero-order valence-electron chi connectivity index (χ0n) is 25.3. The molecule has 0 fully saturated rings. The second kappa shape index (κ2) is 21.9. The van der Waals surface area contributed by atoms with Gasteiger partial charge >= 0.3 is 0 Å². The molecule has 0 amide bonds. The molecule has 1 radical (unpaired) electrons. The van der Waals surface area contributed by atoms with Crippen molar-refractivity contribution in [1.82, 2.24) is 0 Å². The van der Waals surface area contributed by atoms with Crippen molar-refractivity contribution in [3.8, 4) is 5.75 Å². The number of hydrogen-bond donors (Lipinski definition) is 0. The van der Waals surface area contributed by atoms with Crippen LogP contribution in [-0.2, 0) is 32.7 Å². The first-order valence-corrected chi connectivity index (χ1v) is 15.0. The van der Waals surface area contributed by atoms with Gasteiger partial charge in [0.1, 0.15) is 5.75 Å². The molecule has 1 aliphatic rings. The monoisotopic (exact) mass is 602 g/mol. The van der Waals surface area contributed by atoms with Gasteiger partial charge in [-0.1, -0.05) is 122 Å². The van der Waals surface area contributed by atoms with Crippen LogP contribution < -0.4 is 9.64 Å². The van der Waals surface area contributed by atoms with E-state index in [4.69, 9.17) is 4.74 Å². The summed E-state index contributed by atoms with van der Waals surface area (Å²) in [6, 6.07) is 17.2. The molecule has 0 bridgehead atoms. The van der Waals surface area contributed by atoms with Crippen molar-refractivity contribution in [1.29, 1.82) is 0 Å². The summed E-state index contributed by atoms with van der Waals surface area (Å²) in [4.78, 5) is 2.30. The van der Waals surface area contributed by atoms with Crippen molar-refractivity contribution in [2.75, 3.05) is 11.5 Å². The van der Waals surface area contributed by atoms with E-state index in [2.05, 4.69) is 125 Å². The third-order valence-electron chi connectivity index (χ3n) is 6.66. The van der Waals surface area contributed by atoms with Crippen LogP contribution in [0.4, 0.5) is 11.4 Å². The first-order chi connectivity index (χ1) is 18.7. The van der Waals surface area contributed by atoms with Crippen LogP contribution in [0.2, 0.25) is 0 Å². The molecular formula is C36H51NOY. The summed E-state index contributed by atoms with van der Waals surface area (Å²) in [6.45, 7) is 11.8. The van der Waals surface area contributed by atoms with Crippen LogP contribution in [0.25, 0.3) is 5.57 Å². The van der Waals surface area contributed by atoms with Crippen molar-refractivity contribution < 1.29 is 37.4 Å². The molecule has 0 N–H and O–H groups in total. The quantitative estimate of drug-likeness (QED) is 0.140. The van der Waals surface area contributed by atoms with Crippen molar-refractivity contribution in [2.24, 2.45) is 0 Å². The molecule has 3 heteroatoms. The van der Waals surface area contributed by atoms with Crippen LogP contribution in [0, 0.1) is 0 Å². The molecule has 209 valence electrons. The number of allylic oxidation sites excluding steroid dienone is 7. The van der Waals surface area contributed by atoms with Crippen molar-refractivity contribution in [2.45, 2.75) is 98.8 Å². The fraction of sp³-hybridized carbons (Fsp3) is 0.444. The van der Waals surface area contributed by atoms with Gasteiger partial charge in [0, 0.05) is 49.8 Å². The number of benzene rings is 2. The number of ether oxygens (including phenoxy) is 1. The van der Waals surface area contributed by atoms with Crippen LogP contribution in [0.3, 0.4) is 0 Å². The van der Waals surface area contributed by atoms with Crippen LogP contribution in [0.15, 0.2) is 90.7 Å². The second-order valence-electron chi connectivity index (χ2n) is 9.85. The van der Waals surface area contributed by atoms with E-state index in [-0.39, 0.29) is 32.7 Å². The third kappa shape index (κ3) is 12.9. The minimum absolute atomic E-state index is 0. The molecule has 0 atom stereocenters. The molecule has 0 heterocycles. The van der Waals surface area contributed by atoms with Gasteiger partial charge in [-0.3, -0.25) is 0 Å².